The highest BCUT2D eigenvalue weighted by Gasteiger charge is 2.09. The third-order valence-corrected chi connectivity index (χ3v) is 3.50. The van der Waals surface area contributed by atoms with Gasteiger partial charge in [0.15, 0.2) is 0 Å². The molecule has 0 aliphatic rings. The summed E-state index contributed by atoms with van der Waals surface area (Å²) < 4.78 is 6.05. The highest BCUT2D eigenvalue weighted by molar-refractivity contribution is 5.87. The van der Waals surface area contributed by atoms with Crippen LogP contribution in [0.5, 0.6) is 11.6 Å². The monoisotopic (exact) mass is 278 g/mol. The standard InChI is InChI=1S/C18H18N2O/c1-12-7-8-17(13(2)9-12)21-18-16-6-4-3-5-14(16)10-15(11-19)20-18/h3-10H,11,19H2,1-2H3. The van der Waals surface area contributed by atoms with Gasteiger partial charge in [-0.15, -0.1) is 0 Å². The highest BCUT2D eigenvalue weighted by Crippen LogP contribution is 2.30. The molecule has 0 spiro atoms. The Morgan fingerprint density at radius 3 is 2.62 bits per heavy atom. The predicted molar refractivity (Wildman–Crippen MR) is 85.6 cm³/mol. The number of benzene rings is 2. The Balaban J connectivity index is 2.10. The van der Waals surface area contributed by atoms with E-state index >= 15 is 0 Å². The number of aryl methyl sites for hydroxylation is 2. The van der Waals surface area contributed by atoms with Crippen LogP contribution < -0.4 is 10.5 Å². The Bertz CT molecular complexity index is 796. The Hall–Kier alpha value is -2.39. The molecule has 3 nitrogen and oxygen atoms in total. The van der Waals surface area contributed by atoms with Crippen molar-refractivity contribution in [1.82, 2.24) is 4.98 Å². The molecule has 0 unspecified atom stereocenters. The molecular formula is C18H18N2O. The summed E-state index contributed by atoms with van der Waals surface area (Å²) in [5, 5.41) is 2.09. The van der Waals surface area contributed by atoms with Crippen molar-refractivity contribution in [1.29, 1.82) is 0 Å². The highest BCUT2D eigenvalue weighted by atomic mass is 16.5. The molecule has 0 saturated carbocycles. The fourth-order valence-corrected chi connectivity index (χ4v) is 2.42. The average Bonchev–Trinajstić information content (AvgIpc) is 2.49. The first kappa shape index (κ1) is 13.6. The minimum atomic E-state index is 0.397. The fraction of sp³-hybridized carbons (Fsp3) is 0.167. The lowest BCUT2D eigenvalue weighted by atomic mass is 10.1. The Morgan fingerprint density at radius 2 is 1.86 bits per heavy atom. The van der Waals surface area contributed by atoms with Gasteiger partial charge < -0.3 is 10.5 Å². The number of pyridine rings is 1. The van der Waals surface area contributed by atoms with Crippen molar-refractivity contribution >= 4 is 10.8 Å². The summed E-state index contributed by atoms with van der Waals surface area (Å²) in [6, 6.07) is 16.2. The van der Waals surface area contributed by atoms with Crippen molar-refractivity contribution in [3.05, 3.63) is 65.4 Å². The maximum Gasteiger partial charge on any atom is 0.227 e. The van der Waals surface area contributed by atoms with Crippen LogP contribution in [0.1, 0.15) is 16.8 Å². The first-order chi connectivity index (χ1) is 10.2. The van der Waals surface area contributed by atoms with Crippen LogP contribution >= 0.6 is 0 Å². The maximum absolute atomic E-state index is 6.05. The summed E-state index contributed by atoms with van der Waals surface area (Å²) >= 11 is 0. The lowest BCUT2D eigenvalue weighted by molar-refractivity contribution is 0.463. The van der Waals surface area contributed by atoms with E-state index in [-0.39, 0.29) is 0 Å². The van der Waals surface area contributed by atoms with E-state index in [2.05, 4.69) is 18.0 Å². The minimum Gasteiger partial charge on any atom is -0.438 e. The first-order valence-electron chi connectivity index (χ1n) is 7.01. The number of nitrogens with zero attached hydrogens (tertiary/aromatic N) is 1. The zero-order valence-corrected chi connectivity index (χ0v) is 12.3. The molecule has 2 aromatic carbocycles. The van der Waals surface area contributed by atoms with Crippen molar-refractivity contribution in [2.45, 2.75) is 20.4 Å². The summed E-state index contributed by atoms with van der Waals surface area (Å²) in [5.74, 6) is 1.44. The van der Waals surface area contributed by atoms with Crippen LogP contribution in [0, 0.1) is 13.8 Å². The molecular weight excluding hydrogens is 260 g/mol. The van der Waals surface area contributed by atoms with Gasteiger partial charge in [-0.25, -0.2) is 4.98 Å². The topological polar surface area (TPSA) is 48.1 Å². The molecule has 0 radical (unpaired) electrons. The van der Waals surface area contributed by atoms with Gasteiger partial charge in [-0.2, -0.15) is 0 Å². The van der Waals surface area contributed by atoms with Gasteiger partial charge in [-0.05, 0) is 43.0 Å². The fourth-order valence-electron chi connectivity index (χ4n) is 2.42. The summed E-state index contributed by atoms with van der Waals surface area (Å²) in [6.45, 7) is 4.50. The zero-order chi connectivity index (χ0) is 14.8. The van der Waals surface area contributed by atoms with Gasteiger partial charge in [-0.3, -0.25) is 0 Å². The zero-order valence-electron chi connectivity index (χ0n) is 12.3. The van der Waals surface area contributed by atoms with Gasteiger partial charge in [0, 0.05) is 11.9 Å². The van der Waals surface area contributed by atoms with E-state index in [0.717, 1.165) is 27.8 Å². The van der Waals surface area contributed by atoms with Crippen LogP contribution in [0.2, 0.25) is 0 Å². The van der Waals surface area contributed by atoms with E-state index in [1.54, 1.807) is 0 Å². The molecule has 21 heavy (non-hydrogen) atoms. The molecule has 3 aromatic rings. The molecule has 0 bridgehead atoms. The van der Waals surface area contributed by atoms with Gasteiger partial charge in [0.1, 0.15) is 5.75 Å². The second-order valence-corrected chi connectivity index (χ2v) is 5.22. The van der Waals surface area contributed by atoms with E-state index in [1.165, 1.54) is 5.56 Å². The molecule has 1 aromatic heterocycles. The lowest BCUT2D eigenvalue weighted by Gasteiger charge is -2.12. The van der Waals surface area contributed by atoms with E-state index in [1.807, 2.05) is 49.4 Å². The normalized spacial score (nSPS) is 10.8. The molecule has 0 fully saturated rings. The number of nitrogens with two attached hydrogens (primary N) is 1. The molecule has 106 valence electrons. The molecule has 0 aliphatic carbocycles. The van der Waals surface area contributed by atoms with E-state index in [9.17, 15) is 0 Å². The molecule has 2 N–H and O–H groups in total. The van der Waals surface area contributed by atoms with E-state index < -0.39 is 0 Å². The molecule has 3 heteroatoms. The van der Waals surface area contributed by atoms with E-state index in [0.29, 0.717) is 12.4 Å². The number of hydrogen-bond donors (Lipinski definition) is 1. The van der Waals surface area contributed by atoms with Crippen LogP contribution in [0.25, 0.3) is 10.8 Å². The minimum absolute atomic E-state index is 0.397. The van der Waals surface area contributed by atoms with Crippen molar-refractivity contribution in [3.8, 4) is 11.6 Å². The second-order valence-electron chi connectivity index (χ2n) is 5.22. The van der Waals surface area contributed by atoms with Crippen molar-refractivity contribution in [2.24, 2.45) is 5.73 Å². The van der Waals surface area contributed by atoms with Crippen molar-refractivity contribution in [2.75, 3.05) is 0 Å². The largest absolute Gasteiger partial charge is 0.438 e. The number of hydrogen-bond acceptors (Lipinski definition) is 3. The van der Waals surface area contributed by atoms with Gasteiger partial charge in [0.05, 0.1) is 5.69 Å². The van der Waals surface area contributed by atoms with Gasteiger partial charge in [0.2, 0.25) is 5.88 Å². The maximum atomic E-state index is 6.05. The smallest absolute Gasteiger partial charge is 0.227 e. The number of ether oxygens (including phenoxy) is 1. The Morgan fingerprint density at radius 1 is 1.05 bits per heavy atom. The number of aromatic nitrogens is 1. The lowest BCUT2D eigenvalue weighted by Crippen LogP contribution is -2.01. The van der Waals surface area contributed by atoms with Crippen LogP contribution in [0.15, 0.2) is 48.5 Å². The summed E-state index contributed by atoms with van der Waals surface area (Å²) in [4.78, 5) is 4.53. The van der Waals surface area contributed by atoms with Crippen molar-refractivity contribution in [3.63, 3.8) is 0 Å². The summed E-state index contributed by atoms with van der Waals surface area (Å²) in [6.07, 6.45) is 0. The quantitative estimate of drug-likeness (QED) is 0.784. The van der Waals surface area contributed by atoms with Gasteiger partial charge >= 0.3 is 0 Å². The summed E-state index contributed by atoms with van der Waals surface area (Å²) in [5.41, 5.74) is 8.87. The first-order valence-corrected chi connectivity index (χ1v) is 7.01. The average molecular weight is 278 g/mol. The van der Waals surface area contributed by atoms with Gasteiger partial charge in [-0.1, -0.05) is 35.9 Å². The molecule has 0 amide bonds. The van der Waals surface area contributed by atoms with Gasteiger partial charge in [0.25, 0.3) is 0 Å². The Labute approximate surface area is 124 Å². The third kappa shape index (κ3) is 2.73. The SMILES string of the molecule is Cc1ccc(Oc2nc(CN)cc3ccccc23)c(C)c1. The predicted octanol–water partition coefficient (Wildman–Crippen LogP) is 4.10. The molecule has 0 atom stereocenters. The van der Waals surface area contributed by atoms with Crippen LogP contribution in [0.3, 0.4) is 0 Å². The number of rotatable bonds is 3. The second kappa shape index (κ2) is 5.54. The Kier molecular flexibility index (Phi) is 3.59. The number of fused-ring (bicyclic) bond motifs is 1. The van der Waals surface area contributed by atoms with Crippen LogP contribution in [-0.2, 0) is 6.54 Å². The van der Waals surface area contributed by atoms with E-state index in [4.69, 9.17) is 10.5 Å². The van der Waals surface area contributed by atoms with Crippen LogP contribution in [-0.4, -0.2) is 4.98 Å². The van der Waals surface area contributed by atoms with Crippen LogP contribution in [0.4, 0.5) is 0 Å². The molecule has 0 aliphatic heterocycles. The van der Waals surface area contributed by atoms with Crippen molar-refractivity contribution < 1.29 is 4.74 Å². The third-order valence-electron chi connectivity index (χ3n) is 3.50. The molecule has 0 saturated heterocycles. The molecule has 3 rings (SSSR count). The molecule has 1 heterocycles. The summed E-state index contributed by atoms with van der Waals surface area (Å²) in [7, 11) is 0.